The summed E-state index contributed by atoms with van der Waals surface area (Å²) < 4.78 is 39.3. The van der Waals surface area contributed by atoms with E-state index in [4.69, 9.17) is 4.74 Å². The second-order valence-electron chi connectivity index (χ2n) is 2.42. The highest BCUT2D eigenvalue weighted by Gasteiger charge is 2.25. The van der Waals surface area contributed by atoms with Crippen LogP contribution in [-0.4, -0.2) is 19.9 Å². The largest absolute Gasteiger partial charge is 0.389 e. The molecule has 0 amide bonds. The van der Waals surface area contributed by atoms with Crippen molar-refractivity contribution in [2.24, 2.45) is 0 Å². The van der Waals surface area contributed by atoms with Gasteiger partial charge in [-0.25, -0.2) is 0 Å². The Kier molecular flexibility index (Phi) is 5.28. The van der Waals surface area contributed by atoms with E-state index in [0.717, 1.165) is 0 Å². The molecule has 0 fully saturated rings. The molecule has 0 N–H and O–H groups in total. The van der Waals surface area contributed by atoms with Crippen LogP contribution in [0.4, 0.5) is 13.2 Å². The van der Waals surface area contributed by atoms with Gasteiger partial charge in [0.15, 0.2) is 0 Å². The number of alkyl halides is 3. The van der Waals surface area contributed by atoms with Gasteiger partial charge < -0.3 is 4.74 Å². The molecular weight excluding hydrogens is 157 g/mol. The van der Waals surface area contributed by atoms with Gasteiger partial charge in [0.05, 0.1) is 0 Å². The molecule has 0 radical (unpaired) electrons. The van der Waals surface area contributed by atoms with Crippen LogP contribution in [0.15, 0.2) is 0 Å². The van der Waals surface area contributed by atoms with E-state index in [0.29, 0.717) is 19.4 Å². The summed E-state index contributed by atoms with van der Waals surface area (Å²) in [6, 6.07) is 0. The summed E-state index contributed by atoms with van der Waals surface area (Å²) >= 11 is 0. The fourth-order valence-corrected chi connectivity index (χ4v) is 0.749. The van der Waals surface area contributed by atoms with E-state index in [-0.39, 0.29) is 6.42 Å². The van der Waals surface area contributed by atoms with Gasteiger partial charge in [-0.05, 0) is 12.8 Å². The summed E-state index contributed by atoms with van der Waals surface area (Å²) in [5.74, 6) is 0. The van der Waals surface area contributed by atoms with Crippen molar-refractivity contribution in [2.45, 2.75) is 31.9 Å². The molecule has 4 heteroatoms. The fourth-order valence-electron chi connectivity index (χ4n) is 0.749. The first-order valence-corrected chi connectivity index (χ1v) is 3.62. The normalized spacial score (nSPS) is 12.0. The van der Waals surface area contributed by atoms with Crippen LogP contribution in [-0.2, 0) is 4.74 Å². The summed E-state index contributed by atoms with van der Waals surface area (Å²) in [7, 11) is 1.55. The van der Waals surface area contributed by atoms with Crippen LogP contribution < -0.4 is 0 Å². The maximum absolute atomic E-state index is 11.5. The molecule has 0 rings (SSSR count). The fraction of sp³-hybridized carbons (Fsp3) is 1.00. The van der Waals surface area contributed by atoms with Crippen molar-refractivity contribution < 1.29 is 17.9 Å². The Labute approximate surface area is 64.5 Å². The monoisotopic (exact) mass is 170 g/mol. The van der Waals surface area contributed by atoms with E-state index >= 15 is 0 Å². The Morgan fingerprint density at radius 3 is 2.18 bits per heavy atom. The van der Waals surface area contributed by atoms with Crippen molar-refractivity contribution in [2.75, 3.05) is 13.7 Å². The molecule has 0 atom stereocenters. The average Bonchev–Trinajstić information content (AvgIpc) is 1.85. The molecule has 0 aliphatic carbocycles. The van der Waals surface area contributed by atoms with Crippen molar-refractivity contribution in [3.05, 3.63) is 0 Å². The number of hydrogen-bond donors (Lipinski definition) is 0. The van der Waals surface area contributed by atoms with E-state index in [1.54, 1.807) is 7.11 Å². The summed E-state index contributed by atoms with van der Waals surface area (Å²) in [6.45, 7) is 0.553. The van der Waals surface area contributed by atoms with E-state index in [1.807, 2.05) is 0 Å². The molecule has 0 bridgehead atoms. The molecule has 0 aliphatic rings. The summed E-state index contributed by atoms with van der Waals surface area (Å²) in [4.78, 5) is 0. The quantitative estimate of drug-likeness (QED) is 0.576. The van der Waals surface area contributed by atoms with Crippen LogP contribution in [0.3, 0.4) is 0 Å². The zero-order valence-corrected chi connectivity index (χ0v) is 6.58. The van der Waals surface area contributed by atoms with Gasteiger partial charge in [-0.1, -0.05) is 6.42 Å². The first-order valence-electron chi connectivity index (χ1n) is 3.62. The summed E-state index contributed by atoms with van der Waals surface area (Å²) in [5.41, 5.74) is 0. The van der Waals surface area contributed by atoms with E-state index in [2.05, 4.69) is 0 Å². The van der Waals surface area contributed by atoms with Gasteiger partial charge in [-0.15, -0.1) is 0 Å². The minimum atomic E-state index is -3.99. The maximum atomic E-state index is 11.5. The lowest BCUT2D eigenvalue weighted by Gasteiger charge is -2.04. The van der Waals surface area contributed by atoms with Gasteiger partial charge in [-0.3, -0.25) is 0 Å². The van der Waals surface area contributed by atoms with Gasteiger partial charge in [0.1, 0.15) is 0 Å². The smallest absolute Gasteiger partial charge is 0.385 e. The number of halogens is 3. The lowest BCUT2D eigenvalue weighted by molar-refractivity contribution is -0.135. The Balaban J connectivity index is 3.02. The Morgan fingerprint density at radius 1 is 1.09 bits per heavy atom. The highest BCUT2D eigenvalue weighted by Crippen LogP contribution is 2.22. The van der Waals surface area contributed by atoms with Crippen LogP contribution >= 0.6 is 0 Å². The highest BCUT2D eigenvalue weighted by molar-refractivity contribution is 4.50. The van der Waals surface area contributed by atoms with Crippen LogP contribution in [0.25, 0.3) is 0 Å². The molecule has 68 valence electrons. The van der Waals surface area contributed by atoms with Gasteiger partial charge in [0.2, 0.25) is 0 Å². The topological polar surface area (TPSA) is 9.23 Å². The van der Waals surface area contributed by atoms with Crippen molar-refractivity contribution in [3.63, 3.8) is 0 Å². The molecule has 1 nitrogen and oxygen atoms in total. The second kappa shape index (κ2) is 5.41. The van der Waals surface area contributed by atoms with Crippen molar-refractivity contribution in [1.29, 1.82) is 0 Å². The zero-order valence-electron chi connectivity index (χ0n) is 6.58. The molecule has 0 saturated heterocycles. The third-order valence-corrected chi connectivity index (χ3v) is 1.31. The molecule has 0 unspecified atom stereocenters. The van der Waals surface area contributed by atoms with Crippen LogP contribution in [0, 0.1) is 0 Å². The molecule has 0 aliphatic heterocycles. The van der Waals surface area contributed by atoms with E-state index in [9.17, 15) is 13.2 Å². The van der Waals surface area contributed by atoms with Crippen molar-refractivity contribution in [1.82, 2.24) is 0 Å². The van der Waals surface area contributed by atoms with Crippen LogP contribution in [0.1, 0.15) is 25.7 Å². The van der Waals surface area contributed by atoms with Gasteiger partial charge >= 0.3 is 6.18 Å². The van der Waals surface area contributed by atoms with Crippen LogP contribution in [0.5, 0.6) is 0 Å². The zero-order chi connectivity index (χ0) is 8.74. The number of ether oxygens (including phenoxy) is 1. The predicted molar refractivity (Wildman–Crippen MR) is 36.4 cm³/mol. The minimum Gasteiger partial charge on any atom is -0.385 e. The maximum Gasteiger partial charge on any atom is 0.389 e. The van der Waals surface area contributed by atoms with Gasteiger partial charge in [0.25, 0.3) is 0 Å². The third-order valence-electron chi connectivity index (χ3n) is 1.31. The Morgan fingerprint density at radius 2 is 1.73 bits per heavy atom. The first-order chi connectivity index (χ1) is 5.06. The summed E-state index contributed by atoms with van der Waals surface area (Å²) in [6.07, 6.45) is -3.14. The molecule has 0 aromatic carbocycles. The first kappa shape index (κ1) is 10.8. The number of unbranched alkanes of at least 4 members (excludes halogenated alkanes) is 2. The summed E-state index contributed by atoms with van der Waals surface area (Å²) in [5, 5.41) is 0. The molecule has 0 saturated carbocycles. The average molecular weight is 170 g/mol. The Bertz CT molecular complexity index is 90.2. The third kappa shape index (κ3) is 9.75. The number of rotatable bonds is 5. The van der Waals surface area contributed by atoms with E-state index in [1.165, 1.54) is 0 Å². The number of methoxy groups -OCH3 is 1. The molecule has 0 heterocycles. The molecular formula is C7H13F3O. The van der Waals surface area contributed by atoms with Gasteiger partial charge in [0, 0.05) is 20.1 Å². The molecule has 0 aromatic heterocycles. The van der Waals surface area contributed by atoms with Crippen LogP contribution in [0.2, 0.25) is 0 Å². The molecule has 0 spiro atoms. The lowest BCUT2D eigenvalue weighted by Crippen LogP contribution is -2.06. The highest BCUT2D eigenvalue weighted by atomic mass is 19.4. The number of hydrogen-bond acceptors (Lipinski definition) is 1. The SMILES string of the molecule is COCCCCCC(F)(F)F. The predicted octanol–water partition coefficient (Wildman–Crippen LogP) is 2.76. The van der Waals surface area contributed by atoms with Crippen molar-refractivity contribution in [3.8, 4) is 0 Å². The minimum absolute atomic E-state index is 0.215. The molecule has 11 heavy (non-hydrogen) atoms. The van der Waals surface area contributed by atoms with E-state index < -0.39 is 12.6 Å². The lowest BCUT2D eigenvalue weighted by atomic mass is 10.2. The standard InChI is InChI=1S/C7H13F3O/c1-11-6-4-2-3-5-7(8,9)10/h2-6H2,1H3. The Hall–Kier alpha value is -0.250. The van der Waals surface area contributed by atoms with Gasteiger partial charge in [-0.2, -0.15) is 13.2 Å². The molecule has 0 aromatic rings. The van der Waals surface area contributed by atoms with Crippen molar-refractivity contribution >= 4 is 0 Å². The second-order valence-corrected chi connectivity index (χ2v) is 2.42.